The SMILES string of the molecule is C=CCNC(=O)C1CC(=O)N(CC(=O)O)C1. The molecule has 1 unspecified atom stereocenters. The van der Waals surface area contributed by atoms with Gasteiger partial charge in [-0.2, -0.15) is 0 Å². The summed E-state index contributed by atoms with van der Waals surface area (Å²) in [4.78, 5) is 34.5. The van der Waals surface area contributed by atoms with Gasteiger partial charge in [-0.1, -0.05) is 6.08 Å². The highest BCUT2D eigenvalue weighted by Gasteiger charge is 2.34. The van der Waals surface area contributed by atoms with Crippen LogP contribution in [-0.2, 0) is 14.4 Å². The standard InChI is InChI=1S/C10H14N2O4/c1-2-3-11-10(16)7-4-8(13)12(5-7)6-9(14)15/h2,7H,1,3-6H2,(H,11,16)(H,14,15). The number of nitrogens with one attached hydrogen (secondary N) is 1. The fourth-order valence-corrected chi connectivity index (χ4v) is 1.58. The van der Waals surface area contributed by atoms with E-state index < -0.39 is 11.9 Å². The summed E-state index contributed by atoms with van der Waals surface area (Å²) in [6.45, 7) is 3.64. The molecule has 88 valence electrons. The molecule has 1 atom stereocenters. The first-order valence-corrected chi connectivity index (χ1v) is 4.92. The molecule has 6 nitrogen and oxygen atoms in total. The van der Waals surface area contributed by atoms with Crippen LogP contribution >= 0.6 is 0 Å². The number of aliphatic carboxylic acids is 1. The van der Waals surface area contributed by atoms with Crippen LogP contribution in [0.2, 0.25) is 0 Å². The number of carboxylic acids is 1. The minimum atomic E-state index is -1.07. The first kappa shape index (κ1) is 12.2. The van der Waals surface area contributed by atoms with E-state index in [1.807, 2.05) is 0 Å². The van der Waals surface area contributed by atoms with Crippen molar-refractivity contribution in [2.45, 2.75) is 6.42 Å². The smallest absolute Gasteiger partial charge is 0.323 e. The molecule has 2 N–H and O–H groups in total. The minimum absolute atomic E-state index is 0.0796. The first-order valence-electron chi connectivity index (χ1n) is 4.92. The second-order valence-corrected chi connectivity index (χ2v) is 3.60. The molecule has 16 heavy (non-hydrogen) atoms. The molecule has 1 rings (SSSR count). The lowest BCUT2D eigenvalue weighted by molar-refractivity contribution is -0.142. The summed E-state index contributed by atoms with van der Waals surface area (Å²) in [6.07, 6.45) is 1.62. The van der Waals surface area contributed by atoms with Crippen molar-refractivity contribution in [3.05, 3.63) is 12.7 Å². The number of rotatable bonds is 5. The molecule has 0 spiro atoms. The van der Waals surface area contributed by atoms with Crippen LogP contribution < -0.4 is 5.32 Å². The molecule has 0 aromatic heterocycles. The summed E-state index contributed by atoms with van der Waals surface area (Å²) in [5.41, 5.74) is 0. The Morgan fingerprint density at radius 3 is 2.88 bits per heavy atom. The molecule has 0 aliphatic carbocycles. The third-order valence-corrected chi connectivity index (χ3v) is 2.33. The van der Waals surface area contributed by atoms with E-state index in [1.54, 1.807) is 6.08 Å². The van der Waals surface area contributed by atoms with Gasteiger partial charge in [0.05, 0.1) is 5.92 Å². The lowest BCUT2D eigenvalue weighted by atomic mass is 10.1. The van der Waals surface area contributed by atoms with Crippen molar-refractivity contribution in [1.82, 2.24) is 10.2 Å². The van der Waals surface area contributed by atoms with Crippen LogP contribution in [0.4, 0.5) is 0 Å². The highest BCUT2D eigenvalue weighted by atomic mass is 16.4. The first-order chi connectivity index (χ1) is 7.54. The Morgan fingerprint density at radius 1 is 1.62 bits per heavy atom. The van der Waals surface area contributed by atoms with Crippen LogP contribution in [0.25, 0.3) is 0 Å². The van der Waals surface area contributed by atoms with Gasteiger partial charge >= 0.3 is 5.97 Å². The molecule has 6 heteroatoms. The summed E-state index contributed by atoms with van der Waals surface area (Å²) in [5.74, 6) is -2.05. The molecule has 0 aromatic rings. The molecule has 2 amide bonds. The van der Waals surface area contributed by atoms with Crippen molar-refractivity contribution < 1.29 is 19.5 Å². The van der Waals surface area contributed by atoms with Gasteiger partial charge < -0.3 is 15.3 Å². The Hall–Kier alpha value is -1.85. The zero-order chi connectivity index (χ0) is 12.1. The molecule has 1 aliphatic rings. The van der Waals surface area contributed by atoms with Gasteiger partial charge in [0.2, 0.25) is 11.8 Å². The predicted octanol–water partition coefficient (Wildman–Crippen LogP) is -0.778. The number of hydrogen-bond donors (Lipinski definition) is 2. The van der Waals surface area contributed by atoms with Crippen LogP contribution in [0.1, 0.15) is 6.42 Å². The molecular formula is C10H14N2O4. The maximum atomic E-state index is 11.5. The van der Waals surface area contributed by atoms with E-state index in [9.17, 15) is 14.4 Å². The Bertz CT molecular complexity index is 327. The summed E-state index contributed by atoms with van der Waals surface area (Å²) in [6, 6.07) is 0. The van der Waals surface area contributed by atoms with Gasteiger partial charge in [-0.25, -0.2) is 0 Å². The summed E-state index contributed by atoms with van der Waals surface area (Å²) < 4.78 is 0. The third-order valence-electron chi connectivity index (χ3n) is 2.33. The molecule has 0 bridgehead atoms. The molecule has 1 heterocycles. The highest BCUT2D eigenvalue weighted by Crippen LogP contribution is 2.17. The monoisotopic (exact) mass is 226 g/mol. The lowest BCUT2D eigenvalue weighted by Gasteiger charge is -2.13. The molecule has 1 aliphatic heterocycles. The van der Waals surface area contributed by atoms with Crippen molar-refractivity contribution >= 4 is 17.8 Å². The zero-order valence-electron chi connectivity index (χ0n) is 8.81. The number of likely N-dealkylation sites (tertiary alicyclic amines) is 1. The number of nitrogens with zero attached hydrogens (tertiary/aromatic N) is 1. The van der Waals surface area contributed by atoms with Gasteiger partial charge in [0, 0.05) is 19.5 Å². The average molecular weight is 226 g/mol. The number of carboxylic acid groups (broad SMARTS) is 1. The Balaban J connectivity index is 2.48. The number of hydrogen-bond acceptors (Lipinski definition) is 3. The number of carbonyl (C=O) groups excluding carboxylic acids is 2. The van der Waals surface area contributed by atoms with Gasteiger partial charge in [-0.3, -0.25) is 14.4 Å². The third kappa shape index (κ3) is 3.08. The Labute approximate surface area is 92.9 Å². The lowest BCUT2D eigenvalue weighted by Crippen LogP contribution is -2.34. The molecule has 1 fully saturated rings. The van der Waals surface area contributed by atoms with Crippen molar-refractivity contribution in [2.24, 2.45) is 5.92 Å². The maximum Gasteiger partial charge on any atom is 0.323 e. The van der Waals surface area contributed by atoms with Gasteiger partial charge in [0.1, 0.15) is 6.54 Å². The highest BCUT2D eigenvalue weighted by molar-refractivity contribution is 5.90. The van der Waals surface area contributed by atoms with Crippen molar-refractivity contribution in [1.29, 1.82) is 0 Å². The second-order valence-electron chi connectivity index (χ2n) is 3.60. The van der Waals surface area contributed by atoms with Gasteiger partial charge in [0.25, 0.3) is 0 Å². The number of amides is 2. The van der Waals surface area contributed by atoms with Gasteiger partial charge in [0.15, 0.2) is 0 Å². The Morgan fingerprint density at radius 2 is 2.31 bits per heavy atom. The van der Waals surface area contributed by atoms with Crippen LogP contribution in [0.5, 0.6) is 0 Å². The van der Waals surface area contributed by atoms with E-state index in [2.05, 4.69) is 11.9 Å². The molecule has 0 aromatic carbocycles. The maximum absolute atomic E-state index is 11.5. The summed E-state index contributed by atoms with van der Waals surface area (Å²) in [7, 11) is 0. The van der Waals surface area contributed by atoms with Crippen molar-refractivity contribution in [3.8, 4) is 0 Å². The Kier molecular flexibility index (Phi) is 4.04. The molecule has 0 saturated carbocycles. The van der Waals surface area contributed by atoms with Gasteiger partial charge in [-0.05, 0) is 0 Å². The van der Waals surface area contributed by atoms with Crippen LogP contribution in [-0.4, -0.2) is 47.4 Å². The fraction of sp³-hybridized carbons (Fsp3) is 0.500. The minimum Gasteiger partial charge on any atom is -0.480 e. The van der Waals surface area contributed by atoms with E-state index in [-0.39, 0.29) is 31.3 Å². The zero-order valence-corrected chi connectivity index (χ0v) is 8.81. The van der Waals surface area contributed by atoms with Crippen molar-refractivity contribution in [2.75, 3.05) is 19.6 Å². The predicted molar refractivity (Wildman–Crippen MR) is 55.5 cm³/mol. The van der Waals surface area contributed by atoms with Crippen LogP contribution in [0, 0.1) is 5.92 Å². The van der Waals surface area contributed by atoms with Crippen molar-refractivity contribution in [3.63, 3.8) is 0 Å². The molecular weight excluding hydrogens is 212 g/mol. The summed E-state index contributed by atoms with van der Waals surface area (Å²) >= 11 is 0. The van der Waals surface area contributed by atoms with E-state index in [0.29, 0.717) is 6.54 Å². The van der Waals surface area contributed by atoms with E-state index >= 15 is 0 Å². The normalized spacial score (nSPS) is 19.6. The molecule has 1 saturated heterocycles. The van der Waals surface area contributed by atoms with Crippen LogP contribution in [0.3, 0.4) is 0 Å². The van der Waals surface area contributed by atoms with E-state index in [1.165, 1.54) is 4.90 Å². The average Bonchev–Trinajstić information content (AvgIpc) is 2.56. The topological polar surface area (TPSA) is 86.7 Å². The van der Waals surface area contributed by atoms with E-state index in [0.717, 1.165) is 0 Å². The molecule has 0 radical (unpaired) electrons. The fourth-order valence-electron chi connectivity index (χ4n) is 1.58. The van der Waals surface area contributed by atoms with E-state index in [4.69, 9.17) is 5.11 Å². The summed E-state index contributed by atoms with van der Waals surface area (Å²) in [5, 5.41) is 11.1. The largest absolute Gasteiger partial charge is 0.480 e. The van der Waals surface area contributed by atoms with Crippen LogP contribution in [0.15, 0.2) is 12.7 Å². The van der Waals surface area contributed by atoms with Gasteiger partial charge in [-0.15, -0.1) is 6.58 Å². The quantitative estimate of drug-likeness (QED) is 0.602. The number of carbonyl (C=O) groups is 3. The second kappa shape index (κ2) is 5.29.